The SMILES string of the molecule is Cc1ccc(OC2CCC(NC(=O)c3cnn(-c4ccccc4)n3)CC2)nc1. The van der Waals surface area contributed by atoms with Crippen molar-refractivity contribution in [3.8, 4) is 11.6 Å². The van der Waals surface area contributed by atoms with Crippen LogP contribution in [0.25, 0.3) is 5.69 Å². The molecule has 0 aliphatic heterocycles. The minimum atomic E-state index is -0.188. The van der Waals surface area contributed by atoms with Gasteiger partial charge in [0.1, 0.15) is 6.10 Å². The third kappa shape index (κ3) is 4.36. The Kier molecular flexibility index (Phi) is 5.32. The largest absolute Gasteiger partial charge is 0.474 e. The number of hydrogen-bond acceptors (Lipinski definition) is 5. The molecule has 7 nitrogen and oxygen atoms in total. The van der Waals surface area contributed by atoms with Crippen LogP contribution >= 0.6 is 0 Å². The molecular formula is C21H23N5O2. The molecule has 1 N–H and O–H groups in total. The number of nitrogens with zero attached hydrogens (tertiary/aromatic N) is 4. The highest BCUT2D eigenvalue weighted by Crippen LogP contribution is 2.23. The van der Waals surface area contributed by atoms with Gasteiger partial charge in [-0.3, -0.25) is 4.79 Å². The second-order valence-corrected chi connectivity index (χ2v) is 7.09. The summed E-state index contributed by atoms with van der Waals surface area (Å²) >= 11 is 0. The number of pyridine rings is 1. The summed E-state index contributed by atoms with van der Waals surface area (Å²) in [5, 5.41) is 11.5. The molecule has 0 unspecified atom stereocenters. The maximum Gasteiger partial charge on any atom is 0.273 e. The molecule has 1 amide bonds. The lowest BCUT2D eigenvalue weighted by Crippen LogP contribution is -2.40. The number of rotatable bonds is 5. The van der Waals surface area contributed by atoms with E-state index in [2.05, 4.69) is 20.5 Å². The fourth-order valence-corrected chi connectivity index (χ4v) is 3.33. The van der Waals surface area contributed by atoms with Gasteiger partial charge in [0.15, 0.2) is 5.69 Å². The molecule has 0 bridgehead atoms. The van der Waals surface area contributed by atoms with Crippen LogP contribution in [0.4, 0.5) is 0 Å². The van der Waals surface area contributed by atoms with E-state index in [9.17, 15) is 4.79 Å². The Morgan fingerprint density at radius 1 is 1.07 bits per heavy atom. The number of amides is 1. The number of hydrogen-bond donors (Lipinski definition) is 1. The number of carbonyl (C=O) groups is 1. The molecule has 4 rings (SSSR count). The van der Waals surface area contributed by atoms with Crippen LogP contribution in [0.5, 0.6) is 5.88 Å². The van der Waals surface area contributed by atoms with Crippen molar-refractivity contribution in [1.29, 1.82) is 0 Å². The van der Waals surface area contributed by atoms with E-state index < -0.39 is 0 Å². The Morgan fingerprint density at radius 2 is 1.86 bits per heavy atom. The average Bonchev–Trinajstić information content (AvgIpc) is 3.22. The Morgan fingerprint density at radius 3 is 2.57 bits per heavy atom. The van der Waals surface area contributed by atoms with E-state index in [1.54, 1.807) is 0 Å². The Bertz CT molecular complexity index is 915. The van der Waals surface area contributed by atoms with E-state index in [4.69, 9.17) is 4.74 Å². The highest BCUT2D eigenvalue weighted by Gasteiger charge is 2.25. The van der Waals surface area contributed by atoms with Gasteiger partial charge >= 0.3 is 0 Å². The van der Waals surface area contributed by atoms with Crippen LogP contribution < -0.4 is 10.1 Å². The van der Waals surface area contributed by atoms with E-state index in [-0.39, 0.29) is 18.1 Å². The van der Waals surface area contributed by atoms with Gasteiger partial charge in [0, 0.05) is 18.3 Å². The predicted molar refractivity (Wildman–Crippen MR) is 104 cm³/mol. The van der Waals surface area contributed by atoms with Crippen LogP contribution in [0, 0.1) is 6.92 Å². The highest BCUT2D eigenvalue weighted by atomic mass is 16.5. The summed E-state index contributed by atoms with van der Waals surface area (Å²) in [5.74, 6) is 0.474. The fourth-order valence-electron chi connectivity index (χ4n) is 3.33. The van der Waals surface area contributed by atoms with Crippen molar-refractivity contribution in [2.24, 2.45) is 0 Å². The first-order valence-electron chi connectivity index (χ1n) is 9.55. The van der Waals surface area contributed by atoms with Gasteiger partial charge in [-0.05, 0) is 50.3 Å². The Hall–Kier alpha value is -3.22. The zero-order valence-electron chi connectivity index (χ0n) is 15.8. The second kappa shape index (κ2) is 8.21. The highest BCUT2D eigenvalue weighted by molar-refractivity contribution is 5.92. The van der Waals surface area contributed by atoms with Gasteiger partial charge in [0.25, 0.3) is 5.91 Å². The van der Waals surface area contributed by atoms with E-state index in [0.717, 1.165) is 36.9 Å². The topological polar surface area (TPSA) is 81.9 Å². The first-order chi connectivity index (χ1) is 13.7. The maximum absolute atomic E-state index is 12.5. The number of nitrogens with one attached hydrogen (secondary N) is 1. The molecule has 3 aromatic rings. The standard InChI is InChI=1S/C21H23N5O2/c1-15-7-12-20(22-13-15)28-18-10-8-16(9-11-18)24-21(27)19-14-23-26(25-19)17-5-3-2-4-6-17/h2-7,12-14,16,18H,8-11H2,1H3,(H,24,27). The van der Waals surface area contributed by atoms with E-state index >= 15 is 0 Å². The van der Waals surface area contributed by atoms with Crippen molar-refractivity contribution in [1.82, 2.24) is 25.3 Å². The molecule has 0 radical (unpaired) electrons. The number of benzene rings is 1. The molecular weight excluding hydrogens is 354 g/mol. The summed E-state index contributed by atoms with van der Waals surface area (Å²) in [6.45, 7) is 2.00. The summed E-state index contributed by atoms with van der Waals surface area (Å²) < 4.78 is 5.95. The van der Waals surface area contributed by atoms with Crippen molar-refractivity contribution >= 4 is 5.91 Å². The zero-order valence-corrected chi connectivity index (χ0v) is 15.8. The van der Waals surface area contributed by atoms with Gasteiger partial charge in [0.05, 0.1) is 11.9 Å². The molecule has 1 aromatic carbocycles. The normalized spacial score (nSPS) is 19.2. The van der Waals surface area contributed by atoms with Gasteiger partial charge in [-0.2, -0.15) is 9.90 Å². The lowest BCUT2D eigenvalue weighted by molar-refractivity contribution is 0.0885. The van der Waals surface area contributed by atoms with Crippen molar-refractivity contribution in [3.05, 3.63) is 66.1 Å². The lowest BCUT2D eigenvalue weighted by Gasteiger charge is -2.29. The summed E-state index contributed by atoms with van der Waals surface area (Å²) in [6, 6.07) is 13.6. The summed E-state index contributed by atoms with van der Waals surface area (Å²) in [7, 11) is 0. The number of para-hydroxylation sites is 1. The Balaban J connectivity index is 1.28. The molecule has 1 aliphatic carbocycles. The molecule has 0 spiro atoms. The molecule has 1 fully saturated rings. The number of carbonyl (C=O) groups excluding carboxylic acids is 1. The third-order valence-electron chi connectivity index (χ3n) is 4.89. The van der Waals surface area contributed by atoms with Crippen LogP contribution in [0.3, 0.4) is 0 Å². The second-order valence-electron chi connectivity index (χ2n) is 7.09. The smallest absolute Gasteiger partial charge is 0.273 e. The molecule has 7 heteroatoms. The maximum atomic E-state index is 12.5. The van der Waals surface area contributed by atoms with Crippen LogP contribution in [0.15, 0.2) is 54.9 Å². The first-order valence-corrected chi connectivity index (χ1v) is 9.55. The van der Waals surface area contributed by atoms with Crippen molar-refractivity contribution in [2.75, 3.05) is 0 Å². The zero-order chi connectivity index (χ0) is 19.3. The van der Waals surface area contributed by atoms with Crippen LogP contribution in [0.2, 0.25) is 0 Å². The van der Waals surface area contributed by atoms with Gasteiger partial charge in [-0.15, -0.1) is 5.10 Å². The van der Waals surface area contributed by atoms with Crippen molar-refractivity contribution in [2.45, 2.75) is 44.8 Å². The number of ether oxygens (including phenoxy) is 1. The van der Waals surface area contributed by atoms with Crippen LogP contribution in [-0.2, 0) is 0 Å². The molecule has 1 saturated carbocycles. The minimum Gasteiger partial charge on any atom is -0.474 e. The van der Waals surface area contributed by atoms with Crippen molar-refractivity contribution < 1.29 is 9.53 Å². The van der Waals surface area contributed by atoms with Gasteiger partial charge in [-0.1, -0.05) is 24.3 Å². The summed E-state index contributed by atoms with van der Waals surface area (Å²) in [4.78, 5) is 18.3. The molecule has 1 aliphatic rings. The molecule has 2 heterocycles. The summed E-state index contributed by atoms with van der Waals surface area (Å²) in [6.07, 6.45) is 6.96. The van der Waals surface area contributed by atoms with Crippen molar-refractivity contribution in [3.63, 3.8) is 0 Å². The summed E-state index contributed by atoms with van der Waals surface area (Å²) in [5.41, 5.74) is 2.26. The fraction of sp³-hybridized carbons (Fsp3) is 0.333. The third-order valence-corrected chi connectivity index (χ3v) is 4.89. The quantitative estimate of drug-likeness (QED) is 0.739. The van der Waals surface area contributed by atoms with Gasteiger partial charge in [0.2, 0.25) is 5.88 Å². The van der Waals surface area contributed by atoms with Gasteiger partial charge < -0.3 is 10.1 Å². The van der Waals surface area contributed by atoms with E-state index in [1.165, 1.54) is 11.0 Å². The van der Waals surface area contributed by atoms with Crippen LogP contribution in [-0.4, -0.2) is 38.0 Å². The van der Waals surface area contributed by atoms with E-state index in [0.29, 0.717) is 11.6 Å². The molecule has 0 atom stereocenters. The number of aromatic nitrogens is 4. The molecule has 2 aromatic heterocycles. The van der Waals surface area contributed by atoms with E-state index in [1.807, 2.05) is 55.6 Å². The minimum absolute atomic E-state index is 0.125. The molecule has 0 saturated heterocycles. The van der Waals surface area contributed by atoms with Gasteiger partial charge in [-0.25, -0.2) is 4.98 Å². The number of aryl methyl sites for hydroxylation is 1. The molecule has 28 heavy (non-hydrogen) atoms. The predicted octanol–water partition coefficient (Wildman–Crippen LogP) is 3.09. The monoisotopic (exact) mass is 377 g/mol. The Labute approximate surface area is 163 Å². The first kappa shape index (κ1) is 18.2. The lowest BCUT2D eigenvalue weighted by atomic mass is 9.93. The van der Waals surface area contributed by atoms with Crippen LogP contribution in [0.1, 0.15) is 41.7 Å². The molecule has 144 valence electrons. The average molecular weight is 377 g/mol.